The van der Waals surface area contributed by atoms with Gasteiger partial charge in [-0.05, 0) is 25.1 Å². The number of carbonyl (C=O) groups excluding carboxylic acids is 1. The topological polar surface area (TPSA) is 111 Å². The van der Waals surface area contributed by atoms with Crippen molar-refractivity contribution in [2.75, 3.05) is 13.2 Å². The highest BCUT2D eigenvalue weighted by atomic mass is 32.1. The second kappa shape index (κ2) is 9.14. The molecular formula is C17H21N3O5S. The summed E-state index contributed by atoms with van der Waals surface area (Å²) in [5.41, 5.74) is 0.379. The lowest BCUT2D eigenvalue weighted by molar-refractivity contribution is -0.139. The molecular weight excluding hydrogens is 358 g/mol. The van der Waals surface area contributed by atoms with Gasteiger partial charge in [-0.1, -0.05) is 25.2 Å². The Balaban J connectivity index is 2.04. The van der Waals surface area contributed by atoms with E-state index in [-0.39, 0.29) is 18.2 Å². The van der Waals surface area contributed by atoms with Gasteiger partial charge < -0.3 is 19.9 Å². The summed E-state index contributed by atoms with van der Waals surface area (Å²) in [7, 11) is 0. The number of ether oxygens (including phenoxy) is 2. The Bertz CT molecular complexity index is 776. The maximum Gasteiger partial charge on any atom is 0.341 e. The second-order valence-electron chi connectivity index (χ2n) is 5.65. The van der Waals surface area contributed by atoms with Gasteiger partial charge in [0.05, 0.1) is 13.2 Å². The van der Waals surface area contributed by atoms with Crippen LogP contribution in [0.4, 0.5) is 0 Å². The summed E-state index contributed by atoms with van der Waals surface area (Å²) in [6.07, 6.45) is 0. The summed E-state index contributed by atoms with van der Waals surface area (Å²) < 4.78 is 10.6. The number of nitrogens with zero attached hydrogens (tertiary/aromatic N) is 2. The summed E-state index contributed by atoms with van der Waals surface area (Å²) in [4.78, 5) is 23.0. The molecule has 1 heterocycles. The van der Waals surface area contributed by atoms with E-state index in [1.807, 2.05) is 13.8 Å². The first kappa shape index (κ1) is 19.6. The maximum atomic E-state index is 12.3. The van der Waals surface area contributed by atoms with Gasteiger partial charge in [-0.25, -0.2) is 4.79 Å². The molecule has 0 radical (unpaired) electrons. The normalized spacial score (nSPS) is 10.6. The van der Waals surface area contributed by atoms with Gasteiger partial charge in [0.1, 0.15) is 10.0 Å². The van der Waals surface area contributed by atoms with Crippen LogP contribution < -0.4 is 14.8 Å². The molecule has 0 saturated carbocycles. The van der Waals surface area contributed by atoms with Crippen molar-refractivity contribution >= 4 is 23.2 Å². The summed E-state index contributed by atoms with van der Waals surface area (Å²) in [5.74, 6) is -0.496. The first-order chi connectivity index (χ1) is 12.4. The zero-order valence-electron chi connectivity index (χ0n) is 14.8. The van der Waals surface area contributed by atoms with E-state index in [0.29, 0.717) is 23.8 Å². The van der Waals surface area contributed by atoms with Gasteiger partial charge in [0, 0.05) is 11.5 Å². The van der Waals surface area contributed by atoms with Gasteiger partial charge in [0.2, 0.25) is 0 Å². The maximum absolute atomic E-state index is 12.3. The zero-order chi connectivity index (χ0) is 19.1. The molecule has 0 spiro atoms. The number of carboxylic acids is 1. The summed E-state index contributed by atoms with van der Waals surface area (Å²) in [6, 6.07) is 4.59. The van der Waals surface area contributed by atoms with Gasteiger partial charge in [0.15, 0.2) is 18.1 Å². The minimum Gasteiger partial charge on any atom is -0.490 e. The number of hydrogen-bond donors (Lipinski definition) is 2. The number of rotatable bonds is 9. The highest BCUT2D eigenvalue weighted by Crippen LogP contribution is 2.28. The number of amides is 1. The Morgan fingerprint density at radius 2 is 2.00 bits per heavy atom. The Kier molecular flexibility index (Phi) is 6.90. The fourth-order valence-electron chi connectivity index (χ4n) is 2.01. The molecule has 9 heteroatoms. The predicted molar refractivity (Wildman–Crippen MR) is 95.9 cm³/mol. The van der Waals surface area contributed by atoms with Gasteiger partial charge >= 0.3 is 5.97 Å². The van der Waals surface area contributed by atoms with Crippen LogP contribution in [-0.4, -0.2) is 40.4 Å². The third-order valence-electron chi connectivity index (χ3n) is 3.23. The van der Waals surface area contributed by atoms with Crippen molar-refractivity contribution in [2.45, 2.75) is 33.2 Å². The molecule has 1 aromatic carbocycles. The van der Waals surface area contributed by atoms with Crippen LogP contribution in [0.1, 0.15) is 47.1 Å². The van der Waals surface area contributed by atoms with Crippen LogP contribution in [0.5, 0.6) is 11.5 Å². The first-order valence-corrected chi connectivity index (χ1v) is 8.94. The van der Waals surface area contributed by atoms with Crippen molar-refractivity contribution in [2.24, 2.45) is 0 Å². The Hall–Kier alpha value is -2.68. The molecule has 1 aromatic heterocycles. The molecule has 2 rings (SSSR count). The Labute approximate surface area is 155 Å². The van der Waals surface area contributed by atoms with Crippen LogP contribution >= 0.6 is 11.3 Å². The largest absolute Gasteiger partial charge is 0.490 e. The molecule has 0 aliphatic heterocycles. The van der Waals surface area contributed by atoms with Gasteiger partial charge in [-0.15, -0.1) is 10.2 Å². The summed E-state index contributed by atoms with van der Waals surface area (Å²) in [6.45, 7) is 6.01. The molecule has 0 aliphatic rings. The molecule has 8 nitrogen and oxygen atoms in total. The third-order valence-corrected chi connectivity index (χ3v) is 4.46. The molecule has 0 aliphatic carbocycles. The summed E-state index contributed by atoms with van der Waals surface area (Å²) >= 11 is 1.46. The van der Waals surface area contributed by atoms with E-state index in [1.54, 1.807) is 13.0 Å². The minimum absolute atomic E-state index is 0.275. The van der Waals surface area contributed by atoms with Gasteiger partial charge in [0.25, 0.3) is 5.91 Å². The molecule has 26 heavy (non-hydrogen) atoms. The highest BCUT2D eigenvalue weighted by molar-refractivity contribution is 7.11. The van der Waals surface area contributed by atoms with E-state index in [4.69, 9.17) is 14.6 Å². The van der Waals surface area contributed by atoms with E-state index in [2.05, 4.69) is 15.5 Å². The highest BCUT2D eigenvalue weighted by Gasteiger charge is 2.14. The van der Waals surface area contributed by atoms with Crippen molar-refractivity contribution in [1.29, 1.82) is 0 Å². The average Bonchev–Trinajstić information content (AvgIpc) is 3.08. The SMILES string of the molecule is CCOc1cc(C(=O)NCc2nnc(C(C)C)s2)ccc1OCC(=O)O. The molecule has 1 amide bonds. The number of hydrogen-bond acceptors (Lipinski definition) is 7. The molecule has 0 saturated heterocycles. The molecule has 0 bridgehead atoms. The smallest absolute Gasteiger partial charge is 0.341 e. The fourth-order valence-corrected chi connectivity index (χ4v) is 2.79. The number of aliphatic carboxylic acids is 1. The quantitative estimate of drug-likeness (QED) is 0.688. The third kappa shape index (κ3) is 5.41. The van der Waals surface area contributed by atoms with Crippen molar-refractivity contribution in [3.05, 3.63) is 33.8 Å². The standard InChI is InChI=1S/C17H21N3O5S/c1-4-24-13-7-11(5-6-12(13)25-9-15(21)22)16(23)18-8-14-19-20-17(26-14)10(2)3/h5-7,10H,4,8-9H2,1-3H3,(H,18,23)(H,21,22). The van der Waals surface area contributed by atoms with Crippen LogP contribution in [0.3, 0.4) is 0 Å². The van der Waals surface area contributed by atoms with E-state index >= 15 is 0 Å². The minimum atomic E-state index is -1.09. The number of benzene rings is 1. The molecule has 2 N–H and O–H groups in total. The van der Waals surface area contributed by atoms with Crippen molar-refractivity contribution < 1.29 is 24.2 Å². The monoisotopic (exact) mass is 379 g/mol. The van der Waals surface area contributed by atoms with Crippen molar-refractivity contribution in [1.82, 2.24) is 15.5 Å². The first-order valence-electron chi connectivity index (χ1n) is 8.12. The second-order valence-corrected chi connectivity index (χ2v) is 6.74. The van der Waals surface area contributed by atoms with Crippen LogP contribution in [-0.2, 0) is 11.3 Å². The molecule has 140 valence electrons. The van der Waals surface area contributed by atoms with E-state index < -0.39 is 12.6 Å². The zero-order valence-corrected chi connectivity index (χ0v) is 15.6. The Morgan fingerprint density at radius 3 is 2.62 bits per heavy atom. The lowest BCUT2D eigenvalue weighted by atomic mass is 10.2. The molecule has 0 unspecified atom stereocenters. The van der Waals surface area contributed by atoms with Crippen LogP contribution in [0.2, 0.25) is 0 Å². The van der Waals surface area contributed by atoms with Crippen LogP contribution in [0, 0.1) is 0 Å². The average molecular weight is 379 g/mol. The van der Waals surface area contributed by atoms with E-state index in [9.17, 15) is 9.59 Å². The molecule has 0 fully saturated rings. The molecule has 2 aromatic rings. The lowest BCUT2D eigenvalue weighted by Crippen LogP contribution is -2.22. The van der Waals surface area contributed by atoms with Crippen molar-refractivity contribution in [3.63, 3.8) is 0 Å². The number of carboxylic acid groups (broad SMARTS) is 1. The van der Waals surface area contributed by atoms with Crippen LogP contribution in [0.15, 0.2) is 18.2 Å². The fraction of sp³-hybridized carbons (Fsp3) is 0.412. The predicted octanol–water partition coefficient (Wildman–Crippen LogP) is 2.45. The van der Waals surface area contributed by atoms with Gasteiger partial charge in [-0.2, -0.15) is 0 Å². The van der Waals surface area contributed by atoms with Crippen LogP contribution in [0.25, 0.3) is 0 Å². The molecule has 0 atom stereocenters. The van der Waals surface area contributed by atoms with Gasteiger partial charge in [-0.3, -0.25) is 4.79 Å². The van der Waals surface area contributed by atoms with E-state index in [1.165, 1.54) is 23.5 Å². The Morgan fingerprint density at radius 1 is 1.23 bits per heavy atom. The number of aromatic nitrogens is 2. The number of carbonyl (C=O) groups is 2. The van der Waals surface area contributed by atoms with Crippen molar-refractivity contribution in [3.8, 4) is 11.5 Å². The van der Waals surface area contributed by atoms with E-state index in [0.717, 1.165) is 10.0 Å². The summed E-state index contributed by atoms with van der Waals surface area (Å²) in [5, 5.41) is 21.3. The number of nitrogens with one attached hydrogen (secondary N) is 1. The lowest BCUT2D eigenvalue weighted by Gasteiger charge is -2.12.